The minimum Gasteiger partial charge on any atom is -0.368 e. The molecule has 19 heavy (non-hydrogen) atoms. The first-order valence-corrected chi connectivity index (χ1v) is 7.28. The van der Waals surface area contributed by atoms with E-state index in [-0.39, 0.29) is 6.10 Å². The second-order valence-corrected chi connectivity index (χ2v) is 7.03. The van der Waals surface area contributed by atoms with Gasteiger partial charge in [0, 0.05) is 13.1 Å². The van der Waals surface area contributed by atoms with Gasteiger partial charge in [0.15, 0.2) is 0 Å². The van der Waals surface area contributed by atoms with Crippen LogP contribution in [0.3, 0.4) is 0 Å². The number of rotatable bonds is 2. The molecule has 1 aromatic carbocycles. The average Bonchev–Trinajstić information content (AvgIpc) is 2.30. The summed E-state index contributed by atoms with van der Waals surface area (Å²) >= 11 is 0. The SMILES string of the molecule is Cc1ccc(C)c(C2CNCC(CC(C)(C)C)O2)c1. The molecule has 1 aliphatic rings. The zero-order valence-electron chi connectivity index (χ0n) is 12.9. The van der Waals surface area contributed by atoms with Crippen molar-refractivity contribution in [2.45, 2.75) is 53.2 Å². The lowest BCUT2D eigenvalue weighted by atomic mass is 9.88. The smallest absolute Gasteiger partial charge is 0.0956 e. The molecule has 0 spiro atoms. The Morgan fingerprint density at radius 1 is 1.21 bits per heavy atom. The highest BCUT2D eigenvalue weighted by Crippen LogP contribution is 2.30. The highest BCUT2D eigenvalue weighted by Gasteiger charge is 2.27. The summed E-state index contributed by atoms with van der Waals surface area (Å²) in [6.45, 7) is 13.0. The van der Waals surface area contributed by atoms with Gasteiger partial charge in [-0.05, 0) is 36.8 Å². The van der Waals surface area contributed by atoms with Crippen molar-refractivity contribution in [3.8, 4) is 0 Å². The fourth-order valence-corrected chi connectivity index (χ4v) is 2.80. The molecule has 106 valence electrons. The molecule has 2 atom stereocenters. The maximum Gasteiger partial charge on any atom is 0.0956 e. The van der Waals surface area contributed by atoms with Crippen LogP contribution >= 0.6 is 0 Å². The summed E-state index contributed by atoms with van der Waals surface area (Å²) in [5.74, 6) is 0. The molecule has 0 amide bonds. The molecule has 1 fully saturated rings. The Morgan fingerprint density at radius 2 is 1.95 bits per heavy atom. The molecule has 2 nitrogen and oxygen atoms in total. The minimum atomic E-state index is 0.195. The van der Waals surface area contributed by atoms with Crippen LogP contribution < -0.4 is 5.32 Å². The van der Waals surface area contributed by atoms with Gasteiger partial charge in [-0.15, -0.1) is 0 Å². The molecule has 1 aromatic rings. The van der Waals surface area contributed by atoms with Crippen LogP contribution in [-0.2, 0) is 4.74 Å². The van der Waals surface area contributed by atoms with Crippen LogP contribution in [-0.4, -0.2) is 19.2 Å². The van der Waals surface area contributed by atoms with E-state index in [2.05, 4.69) is 58.1 Å². The fourth-order valence-electron chi connectivity index (χ4n) is 2.80. The summed E-state index contributed by atoms with van der Waals surface area (Å²) in [5, 5.41) is 3.53. The Morgan fingerprint density at radius 3 is 2.63 bits per heavy atom. The number of aryl methyl sites for hydroxylation is 2. The lowest BCUT2D eigenvalue weighted by molar-refractivity contribution is -0.0555. The highest BCUT2D eigenvalue weighted by molar-refractivity contribution is 5.32. The molecule has 1 aliphatic heterocycles. The molecule has 2 unspecified atom stereocenters. The second kappa shape index (κ2) is 5.64. The summed E-state index contributed by atoms with van der Waals surface area (Å²) in [4.78, 5) is 0. The van der Waals surface area contributed by atoms with Crippen molar-refractivity contribution in [1.29, 1.82) is 0 Å². The van der Waals surface area contributed by atoms with Gasteiger partial charge in [0.2, 0.25) is 0 Å². The van der Waals surface area contributed by atoms with Gasteiger partial charge in [-0.2, -0.15) is 0 Å². The fraction of sp³-hybridized carbons (Fsp3) is 0.647. The maximum atomic E-state index is 6.32. The van der Waals surface area contributed by atoms with Crippen LogP contribution in [0.2, 0.25) is 0 Å². The summed E-state index contributed by atoms with van der Waals surface area (Å²) in [6.07, 6.45) is 1.61. The standard InChI is InChI=1S/C17H27NO/c1-12-6-7-13(2)15(8-12)16-11-18-10-14(19-16)9-17(3,4)5/h6-8,14,16,18H,9-11H2,1-5H3. The lowest BCUT2D eigenvalue weighted by Gasteiger charge is -2.35. The number of nitrogens with one attached hydrogen (secondary N) is 1. The first-order chi connectivity index (χ1) is 8.85. The Balaban J connectivity index is 2.10. The Hall–Kier alpha value is -0.860. The number of morpholine rings is 1. The monoisotopic (exact) mass is 261 g/mol. The third kappa shape index (κ3) is 4.05. The topological polar surface area (TPSA) is 21.3 Å². The van der Waals surface area contributed by atoms with Gasteiger partial charge in [-0.1, -0.05) is 44.5 Å². The van der Waals surface area contributed by atoms with E-state index in [1.54, 1.807) is 0 Å². The van der Waals surface area contributed by atoms with Gasteiger partial charge in [-0.25, -0.2) is 0 Å². The van der Waals surface area contributed by atoms with Crippen molar-refractivity contribution in [1.82, 2.24) is 5.32 Å². The molecular formula is C17H27NO. The van der Waals surface area contributed by atoms with Gasteiger partial charge in [0.1, 0.15) is 0 Å². The maximum absolute atomic E-state index is 6.32. The summed E-state index contributed by atoms with van der Waals surface area (Å²) < 4.78 is 6.32. The normalized spacial score (nSPS) is 24.5. The first kappa shape index (κ1) is 14.5. The van der Waals surface area contributed by atoms with E-state index in [1.165, 1.54) is 16.7 Å². The van der Waals surface area contributed by atoms with Crippen LogP contribution in [0.5, 0.6) is 0 Å². The first-order valence-electron chi connectivity index (χ1n) is 7.28. The zero-order chi connectivity index (χ0) is 14.0. The zero-order valence-corrected chi connectivity index (χ0v) is 12.9. The molecule has 1 N–H and O–H groups in total. The van der Waals surface area contributed by atoms with E-state index < -0.39 is 0 Å². The third-order valence-corrected chi connectivity index (χ3v) is 3.68. The van der Waals surface area contributed by atoms with Crippen molar-refractivity contribution >= 4 is 0 Å². The largest absolute Gasteiger partial charge is 0.368 e. The highest BCUT2D eigenvalue weighted by atomic mass is 16.5. The molecule has 1 heterocycles. The number of hydrogen-bond donors (Lipinski definition) is 1. The predicted molar refractivity (Wildman–Crippen MR) is 80.5 cm³/mol. The summed E-state index contributed by atoms with van der Waals surface area (Å²) in [5.41, 5.74) is 4.29. The molecule has 0 aliphatic carbocycles. The second-order valence-electron chi connectivity index (χ2n) is 7.03. The molecule has 1 saturated heterocycles. The van der Waals surface area contributed by atoms with Crippen LogP contribution in [0.15, 0.2) is 18.2 Å². The van der Waals surface area contributed by atoms with Crippen LogP contribution in [0.1, 0.15) is 50.0 Å². The van der Waals surface area contributed by atoms with Gasteiger partial charge >= 0.3 is 0 Å². The minimum absolute atomic E-state index is 0.195. The van der Waals surface area contributed by atoms with Crippen molar-refractivity contribution < 1.29 is 4.74 Å². The van der Waals surface area contributed by atoms with Crippen molar-refractivity contribution in [3.05, 3.63) is 34.9 Å². The quantitative estimate of drug-likeness (QED) is 0.875. The van der Waals surface area contributed by atoms with Crippen LogP contribution in [0.4, 0.5) is 0 Å². The molecule has 2 heteroatoms. The number of ether oxygens (including phenoxy) is 1. The van der Waals surface area contributed by atoms with Crippen molar-refractivity contribution in [2.75, 3.05) is 13.1 Å². The summed E-state index contributed by atoms with van der Waals surface area (Å²) in [6, 6.07) is 6.63. The lowest BCUT2D eigenvalue weighted by Crippen LogP contribution is -2.42. The molecule has 0 saturated carbocycles. The van der Waals surface area contributed by atoms with E-state index in [0.717, 1.165) is 19.5 Å². The van der Waals surface area contributed by atoms with Gasteiger partial charge < -0.3 is 10.1 Å². The molecule has 0 aromatic heterocycles. The van der Waals surface area contributed by atoms with Crippen LogP contribution in [0, 0.1) is 19.3 Å². The van der Waals surface area contributed by atoms with E-state index in [0.29, 0.717) is 11.5 Å². The molecule has 2 rings (SSSR count). The van der Waals surface area contributed by atoms with Crippen molar-refractivity contribution in [2.24, 2.45) is 5.41 Å². The molecule has 0 bridgehead atoms. The van der Waals surface area contributed by atoms with E-state index in [4.69, 9.17) is 4.74 Å². The molecule has 0 radical (unpaired) electrons. The Kier molecular flexibility index (Phi) is 4.32. The third-order valence-electron chi connectivity index (χ3n) is 3.68. The Bertz CT molecular complexity index is 433. The van der Waals surface area contributed by atoms with E-state index in [9.17, 15) is 0 Å². The van der Waals surface area contributed by atoms with Crippen molar-refractivity contribution in [3.63, 3.8) is 0 Å². The molecular weight excluding hydrogens is 234 g/mol. The summed E-state index contributed by atoms with van der Waals surface area (Å²) in [7, 11) is 0. The Labute approximate surface area is 117 Å². The van der Waals surface area contributed by atoms with E-state index >= 15 is 0 Å². The van der Waals surface area contributed by atoms with Crippen LogP contribution in [0.25, 0.3) is 0 Å². The number of benzene rings is 1. The number of hydrogen-bond acceptors (Lipinski definition) is 2. The predicted octanol–water partition coefficient (Wildman–Crippen LogP) is 3.77. The van der Waals surface area contributed by atoms with E-state index in [1.807, 2.05) is 0 Å². The van der Waals surface area contributed by atoms with Gasteiger partial charge in [0.25, 0.3) is 0 Å². The van der Waals surface area contributed by atoms with Gasteiger partial charge in [0.05, 0.1) is 12.2 Å². The average molecular weight is 261 g/mol. The van der Waals surface area contributed by atoms with Gasteiger partial charge in [-0.3, -0.25) is 0 Å².